The maximum Gasteiger partial charge on any atom is 0.337 e. The van der Waals surface area contributed by atoms with E-state index in [9.17, 15) is 9.18 Å². The molecule has 0 radical (unpaired) electrons. The van der Waals surface area contributed by atoms with Gasteiger partial charge in [0.25, 0.3) is 0 Å². The zero-order chi connectivity index (χ0) is 30.2. The number of esters is 1. The zero-order valence-corrected chi connectivity index (χ0v) is 24.4. The predicted molar refractivity (Wildman–Crippen MR) is 162 cm³/mol. The Kier molecular flexibility index (Phi) is 7.48. The van der Waals surface area contributed by atoms with Crippen LogP contribution in [0.4, 0.5) is 10.2 Å². The third-order valence-electron chi connectivity index (χ3n) is 8.86. The van der Waals surface area contributed by atoms with Crippen molar-refractivity contribution < 1.29 is 23.4 Å². The minimum Gasteiger partial charge on any atom is -0.473 e. The van der Waals surface area contributed by atoms with Gasteiger partial charge < -0.3 is 23.7 Å². The SMILES string of the molecule is COC(=O)c1ccc2nc(C=C3CC4CCC(C3)N4c3cccc(OCc4ccc(C#N)cc4F)n3)n(C[C@@H]3CCO3)c2c1. The second-order valence-electron chi connectivity index (χ2n) is 11.6. The van der Waals surface area contributed by atoms with Crippen LogP contribution in [0.1, 0.15) is 59.4 Å². The number of fused-ring (bicyclic) bond motifs is 3. The van der Waals surface area contributed by atoms with Gasteiger partial charge in [-0.05, 0) is 74.6 Å². The third-order valence-corrected chi connectivity index (χ3v) is 8.86. The molecule has 10 heteroatoms. The lowest BCUT2D eigenvalue weighted by atomic mass is 9.96. The molecule has 2 aromatic heterocycles. The molecule has 2 aromatic carbocycles. The van der Waals surface area contributed by atoms with E-state index in [1.165, 1.54) is 18.7 Å². The Morgan fingerprint density at radius 3 is 2.64 bits per heavy atom. The minimum atomic E-state index is -0.466. The normalized spacial score (nSPS) is 20.7. The summed E-state index contributed by atoms with van der Waals surface area (Å²) in [6.07, 6.45) is 7.30. The molecule has 5 heterocycles. The van der Waals surface area contributed by atoms with Crippen LogP contribution in [0, 0.1) is 17.1 Å². The van der Waals surface area contributed by atoms with Gasteiger partial charge >= 0.3 is 5.97 Å². The monoisotopic (exact) mass is 593 g/mol. The smallest absolute Gasteiger partial charge is 0.337 e. The average molecular weight is 594 g/mol. The van der Waals surface area contributed by atoms with Gasteiger partial charge in [0.05, 0.1) is 48.0 Å². The van der Waals surface area contributed by atoms with E-state index < -0.39 is 5.82 Å². The van der Waals surface area contributed by atoms with E-state index in [1.54, 1.807) is 24.3 Å². The van der Waals surface area contributed by atoms with Gasteiger partial charge in [0, 0.05) is 30.3 Å². The van der Waals surface area contributed by atoms with Gasteiger partial charge in [-0.1, -0.05) is 17.7 Å². The highest BCUT2D eigenvalue weighted by Gasteiger charge is 2.39. The van der Waals surface area contributed by atoms with Crippen molar-refractivity contribution in [3.63, 3.8) is 0 Å². The molecule has 0 N–H and O–H groups in total. The van der Waals surface area contributed by atoms with Crippen LogP contribution in [0.5, 0.6) is 5.88 Å². The number of halogens is 1. The Bertz CT molecular complexity index is 1790. The molecular weight excluding hydrogens is 561 g/mol. The number of hydrogen-bond acceptors (Lipinski definition) is 8. The molecule has 7 rings (SSSR count). The number of benzene rings is 2. The van der Waals surface area contributed by atoms with Crippen LogP contribution in [-0.4, -0.2) is 52.4 Å². The fourth-order valence-electron chi connectivity index (χ4n) is 6.56. The number of nitrogens with zero attached hydrogens (tertiary/aromatic N) is 5. The zero-order valence-electron chi connectivity index (χ0n) is 24.4. The Morgan fingerprint density at radius 1 is 1.11 bits per heavy atom. The summed E-state index contributed by atoms with van der Waals surface area (Å²) in [6, 6.07) is 18.1. The van der Waals surface area contributed by atoms with Crippen LogP contribution in [0.25, 0.3) is 17.1 Å². The summed E-state index contributed by atoms with van der Waals surface area (Å²) in [4.78, 5) is 24.4. The molecule has 9 nitrogen and oxygen atoms in total. The lowest BCUT2D eigenvalue weighted by Gasteiger charge is -2.37. The van der Waals surface area contributed by atoms with Crippen molar-refractivity contribution in [2.75, 3.05) is 18.6 Å². The summed E-state index contributed by atoms with van der Waals surface area (Å²) in [7, 11) is 1.39. The summed E-state index contributed by atoms with van der Waals surface area (Å²) in [6.45, 7) is 1.48. The van der Waals surface area contributed by atoms with Crippen molar-refractivity contribution >= 4 is 28.9 Å². The number of carbonyl (C=O) groups excluding carboxylic acids is 1. The standard InChI is InChI=1S/C34H32FN5O4/c1-42-34(41)23-7-10-29-30(17-23)39(19-27-11-12-43-27)32(37-29)16-22-13-25-8-9-26(14-22)40(25)31-3-2-4-33(38-31)44-20-24-6-5-21(18-36)15-28(24)35/h2-7,10,15-17,25-27H,8-9,11-14,19-20H2,1H3/t25?,26?,27-/m0/s1. The van der Waals surface area contributed by atoms with Gasteiger partial charge in [-0.15, -0.1) is 0 Å². The maximum atomic E-state index is 14.4. The Hall–Kier alpha value is -4.75. The minimum absolute atomic E-state index is 0.0295. The molecular formula is C34H32FN5O4. The van der Waals surface area contributed by atoms with E-state index in [0.29, 0.717) is 35.6 Å². The summed E-state index contributed by atoms with van der Waals surface area (Å²) >= 11 is 0. The van der Waals surface area contributed by atoms with Gasteiger partial charge in [-0.2, -0.15) is 10.2 Å². The molecule has 3 atom stereocenters. The van der Waals surface area contributed by atoms with E-state index in [0.717, 1.165) is 61.4 Å². The molecule has 0 spiro atoms. The van der Waals surface area contributed by atoms with E-state index in [2.05, 4.69) is 15.5 Å². The summed E-state index contributed by atoms with van der Waals surface area (Å²) in [5.41, 5.74) is 4.24. The number of carbonyl (C=O) groups is 1. The van der Waals surface area contributed by atoms with Gasteiger partial charge in [-0.3, -0.25) is 0 Å². The van der Waals surface area contributed by atoms with E-state index >= 15 is 0 Å². The lowest BCUT2D eigenvalue weighted by Crippen LogP contribution is -2.41. The highest BCUT2D eigenvalue weighted by Crippen LogP contribution is 2.42. The van der Waals surface area contributed by atoms with Crippen LogP contribution < -0.4 is 9.64 Å². The third kappa shape index (κ3) is 5.40. The van der Waals surface area contributed by atoms with Gasteiger partial charge in [0.2, 0.25) is 5.88 Å². The molecule has 0 saturated carbocycles. The molecule has 3 aliphatic rings. The summed E-state index contributed by atoms with van der Waals surface area (Å²) in [5, 5.41) is 8.98. The Balaban J connectivity index is 1.10. The number of rotatable bonds is 8. The molecule has 0 aliphatic carbocycles. The van der Waals surface area contributed by atoms with Crippen LogP contribution in [0.15, 0.2) is 60.2 Å². The number of nitriles is 1. The van der Waals surface area contributed by atoms with Crippen LogP contribution >= 0.6 is 0 Å². The van der Waals surface area contributed by atoms with Crippen molar-refractivity contribution in [3.8, 4) is 11.9 Å². The molecule has 3 saturated heterocycles. The first-order chi connectivity index (χ1) is 21.5. The number of aromatic nitrogens is 3. The van der Waals surface area contributed by atoms with Crippen molar-refractivity contribution in [1.82, 2.24) is 14.5 Å². The average Bonchev–Trinajstić information content (AvgIpc) is 3.50. The van der Waals surface area contributed by atoms with Crippen molar-refractivity contribution in [2.24, 2.45) is 0 Å². The fourth-order valence-corrected chi connectivity index (χ4v) is 6.56. The summed E-state index contributed by atoms with van der Waals surface area (Å²) < 4.78 is 33.1. The summed E-state index contributed by atoms with van der Waals surface area (Å²) in [5.74, 6) is 1.34. The molecule has 224 valence electrons. The Morgan fingerprint density at radius 2 is 1.93 bits per heavy atom. The first-order valence-electron chi connectivity index (χ1n) is 15.0. The maximum absolute atomic E-state index is 14.4. The first kappa shape index (κ1) is 28.0. The molecule has 44 heavy (non-hydrogen) atoms. The molecule has 0 amide bonds. The number of anilines is 1. The van der Waals surface area contributed by atoms with E-state index in [1.807, 2.05) is 30.3 Å². The molecule has 2 unspecified atom stereocenters. The fraction of sp³-hybridized carbons (Fsp3) is 0.353. The molecule has 3 aliphatic heterocycles. The van der Waals surface area contributed by atoms with Crippen LogP contribution in [0.3, 0.4) is 0 Å². The molecule has 3 fully saturated rings. The molecule has 4 aromatic rings. The van der Waals surface area contributed by atoms with Crippen LogP contribution in [0.2, 0.25) is 0 Å². The second-order valence-corrected chi connectivity index (χ2v) is 11.6. The van der Waals surface area contributed by atoms with E-state index in [4.69, 9.17) is 29.4 Å². The topological polar surface area (TPSA) is 102 Å². The highest BCUT2D eigenvalue weighted by molar-refractivity contribution is 5.94. The number of piperidine rings is 1. The van der Waals surface area contributed by atoms with Gasteiger partial charge in [-0.25, -0.2) is 14.2 Å². The lowest BCUT2D eigenvalue weighted by molar-refractivity contribution is -0.0587. The first-order valence-corrected chi connectivity index (χ1v) is 15.0. The van der Waals surface area contributed by atoms with E-state index in [-0.39, 0.29) is 24.2 Å². The number of ether oxygens (including phenoxy) is 3. The van der Waals surface area contributed by atoms with Crippen molar-refractivity contribution in [3.05, 3.63) is 88.5 Å². The second kappa shape index (κ2) is 11.7. The highest BCUT2D eigenvalue weighted by atomic mass is 19.1. The van der Waals surface area contributed by atoms with Gasteiger partial charge in [0.1, 0.15) is 24.1 Å². The van der Waals surface area contributed by atoms with Crippen LogP contribution in [-0.2, 0) is 22.6 Å². The number of methoxy groups -OCH3 is 1. The number of imidazole rings is 1. The predicted octanol–water partition coefficient (Wildman–Crippen LogP) is 5.81. The number of hydrogen-bond donors (Lipinski definition) is 0. The largest absolute Gasteiger partial charge is 0.473 e. The molecule has 2 bridgehead atoms. The quantitative estimate of drug-likeness (QED) is 0.236. The van der Waals surface area contributed by atoms with Crippen molar-refractivity contribution in [1.29, 1.82) is 5.26 Å². The Labute approximate surface area is 254 Å². The van der Waals surface area contributed by atoms with Gasteiger partial charge in [0.15, 0.2) is 0 Å². The van der Waals surface area contributed by atoms with Crippen molar-refractivity contribution in [2.45, 2.75) is 63.4 Å². The number of pyridine rings is 1.